The fourth-order valence-corrected chi connectivity index (χ4v) is 6.01. The Kier molecular flexibility index (Phi) is 3.53. The van der Waals surface area contributed by atoms with Crippen LogP contribution < -0.4 is 5.32 Å². The Morgan fingerprint density at radius 2 is 1.91 bits per heavy atom. The first-order valence-electron chi connectivity index (χ1n) is 8.99. The van der Waals surface area contributed by atoms with Crippen LogP contribution in [0.25, 0.3) is 0 Å². The molecule has 0 spiro atoms. The van der Waals surface area contributed by atoms with Gasteiger partial charge in [0.2, 0.25) is 5.91 Å². The third-order valence-corrected chi connectivity index (χ3v) is 6.42. The number of aryl methyl sites for hydroxylation is 1. The van der Waals surface area contributed by atoms with Crippen molar-refractivity contribution in [2.75, 3.05) is 0 Å². The van der Waals surface area contributed by atoms with E-state index in [1.54, 1.807) is 0 Å². The smallest absolute Gasteiger partial charge is 0.220 e. The summed E-state index contributed by atoms with van der Waals surface area (Å²) >= 11 is 0. The van der Waals surface area contributed by atoms with Crippen molar-refractivity contribution in [1.82, 2.24) is 5.32 Å². The number of carbonyl (C=O) groups is 1. The van der Waals surface area contributed by atoms with Crippen LogP contribution >= 0.6 is 0 Å². The third kappa shape index (κ3) is 2.91. The highest BCUT2D eigenvalue weighted by atomic mass is 16.3. The summed E-state index contributed by atoms with van der Waals surface area (Å²) in [6, 6.07) is 8.19. The zero-order valence-electron chi connectivity index (χ0n) is 14.0. The van der Waals surface area contributed by atoms with E-state index in [-0.39, 0.29) is 11.3 Å². The maximum Gasteiger partial charge on any atom is 0.220 e. The molecular formula is C20H27NO2. The van der Waals surface area contributed by atoms with Gasteiger partial charge in [0.05, 0.1) is 5.60 Å². The molecule has 1 aromatic rings. The van der Waals surface area contributed by atoms with E-state index >= 15 is 0 Å². The van der Waals surface area contributed by atoms with Crippen molar-refractivity contribution in [2.24, 2.45) is 17.3 Å². The molecule has 0 saturated heterocycles. The van der Waals surface area contributed by atoms with Gasteiger partial charge in [-0.1, -0.05) is 24.3 Å². The van der Waals surface area contributed by atoms with Crippen LogP contribution in [-0.4, -0.2) is 16.6 Å². The topological polar surface area (TPSA) is 49.3 Å². The summed E-state index contributed by atoms with van der Waals surface area (Å²) in [7, 11) is 0. The summed E-state index contributed by atoms with van der Waals surface area (Å²) in [5.41, 5.74) is 2.00. The summed E-state index contributed by atoms with van der Waals surface area (Å²) in [5.74, 6) is 1.44. The highest BCUT2D eigenvalue weighted by molar-refractivity contribution is 5.76. The van der Waals surface area contributed by atoms with E-state index in [0.29, 0.717) is 24.8 Å². The van der Waals surface area contributed by atoms with E-state index in [9.17, 15) is 9.90 Å². The number of amides is 1. The van der Waals surface area contributed by atoms with Crippen LogP contribution in [0.5, 0.6) is 0 Å². The minimum absolute atomic E-state index is 0.0641. The van der Waals surface area contributed by atoms with Crippen LogP contribution in [0.4, 0.5) is 0 Å². The Balaban J connectivity index is 1.40. The first-order chi connectivity index (χ1) is 11.0. The van der Waals surface area contributed by atoms with Crippen molar-refractivity contribution in [3.63, 3.8) is 0 Å². The van der Waals surface area contributed by atoms with Gasteiger partial charge in [0.15, 0.2) is 0 Å². The molecule has 23 heavy (non-hydrogen) atoms. The fourth-order valence-electron chi connectivity index (χ4n) is 6.01. The molecule has 1 aromatic carbocycles. The minimum Gasteiger partial charge on any atom is -0.390 e. The van der Waals surface area contributed by atoms with E-state index in [4.69, 9.17) is 0 Å². The molecule has 4 aliphatic rings. The van der Waals surface area contributed by atoms with Crippen molar-refractivity contribution in [1.29, 1.82) is 0 Å². The van der Waals surface area contributed by atoms with Crippen LogP contribution in [-0.2, 0) is 11.3 Å². The Bertz CT molecular complexity index is 610. The van der Waals surface area contributed by atoms with Crippen LogP contribution in [0.15, 0.2) is 24.3 Å². The van der Waals surface area contributed by atoms with Crippen molar-refractivity contribution >= 4 is 5.91 Å². The maximum absolute atomic E-state index is 12.5. The van der Waals surface area contributed by atoms with Gasteiger partial charge in [-0.3, -0.25) is 4.79 Å². The summed E-state index contributed by atoms with van der Waals surface area (Å²) in [5, 5.41) is 13.9. The normalized spacial score (nSPS) is 37.8. The molecule has 3 heteroatoms. The van der Waals surface area contributed by atoms with Gasteiger partial charge in [-0.25, -0.2) is 0 Å². The fraction of sp³-hybridized carbons (Fsp3) is 0.650. The largest absolute Gasteiger partial charge is 0.390 e. The molecule has 0 aromatic heterocycles. The maximum atomic E-state index is 12.5. The number of carbonyl (C=O) groups excluding carboxylic acids is 1. The summed E-state index contributed by atoms with van der Waals surface area (Å²) < 4.78 is 0. The van der Waals surface area contributed by atoms with Gasteiger partial charge in [0.25, 0.3) is 0 Å². The van der Waals surface area contributed by atoms with Gasteiger partial charge >= 0.3 is 0 Å². The summed E-state index contributed by atoms with van der Waals surface area (Å²) in [6.07, 6.45) is 6.92. The number of benzene rings is 1. The van der Waals surface area contributed by atoms with Gasteiger partial charge in [-0.2, -0.15) is 0 Å². The van der Waals surface area contributed by atoms with Crippen molar-refractivity contribution in [3.05, 3.63) is 35.4 Å². The van der Waals surface area contributed by atoms with Crippen LogP contribution in [0.2, 0.25) is 0 Å². The zero-order valence-corrected chi connectivity index (χ0v) is 14.0. The molecule has 0 heterocycles. The molecule has 4 aliphatic carbocycles. The molecule has 4 bridgehead atoms. The highest BCUT2D eigenvalue weighted by Gasteiger charge is 2.57. The van der Waals surface area contributed by atoms with Crippen molar-refractivity contribution in [2.45, 2.75) is 64.0 Å². The molecule has 1 amide bonds. The molecule has 4 saturated carbocycles. The Morgan fingerprint density at radius 3 is 2.57 bits per heavy atom. The molecule has 5 rings (SSSR count). The monoisotopic (exact) mass is 313 g/mol. The molecule has 4 fully saturated rings. The van der Waals surface area contributed by atoms with Gasteiger partial charge in [0.1, 0.15) is 0 Å². The molecule has 0 radical (unpaired) electrons. The van der Waals surface area contributed by atoms with Crippen LogP contribution in [0.1, 0.15) is 56.1 Å². The quantitative estimate of drug-likeness (QED) is 0.896. The second kappa shape index (κ2) is 5.34. The van der Waals surface area contributed by atoms with Crippen molar-refractivity contribution < 1.29 is 9.90 Å². The molecule has 2 unspecified atom stereocenters. The lowest BCUT2D eigenvalue weighted by Gasteiger charge is -2.60. The van der Waals surface area contributed by atoms with E-state index in [0.717, 1.165) is 32.1 Å². The SMILES string of the molecule is Cc1ccccc1CNC(=O)CC12CC3CC(CC(O)(C3)C1)C2. The predicted octanol–water partition coefficient (Wildman–Crippen LogP) is 3.33. The van der Waals surface area contributed by atoms with E-state index in [1.807, 2.05) is 12.1 Å². The highest BCUT2D eigenvalue weighted by Crippen LogP contribution is 2.62. The molecule has 2 N–H and O–H groups in total. The van der Waals surface area contributed by atoms with Crippen molar-refractivity contribution in [3.8, 4) is 0 Å². The second-order valence-electron chi connectivity index (χ2n) is 8.57. The molecule has 124 valence electrons. The Hall–Kier alpha value is -1.35. The van der Waals surface area contributed by atoms with Gasteiger partial charge in [0, 0.05) is 13.0 Å². The van der Waals surface area contributed by atoms with E-state index in [2.05, 4.69) is 24.4 Å². The zero-order chi connectivity index (χ0) is 16.1. The molecule has 0 aliphatic heterocycles. The molecular weight excluding hydrogens is 286 g/mol. The first kappa shape index (κ1) is 15.2. The standard InChI is InChI=1S/C20H27NO2/c1-14-4-2-3-5-17(14)12-21-18(22)11-19-7-15-6-16(8-19)10-20(23,9-15)13-19/h2-5,15-16,23H,6-13H2,1H3,(H,21,22). The molecule has 3 nitrogen and oxygen atoms in total. The van der Waals surface area contributed by atoms with Gasteiger partial charge in [-0.15, -0.1) is 0 Å². The van der Waals surface area contributed by atoms with E-state index < -0.39 is 5.60 Å². The van der Waals surface area contributed by atoms with E-state index in [1.165, 1.54) is 17.5 Å². The Labute approximate surface area is 138 Å². The van der Waals surface area contributed by atoms with Crippen LogP contribution in [0.3, 0.4) is 0 Å². The lowest BCUT2D eigenvalue weighted by Crippen LogP contribution is -2.56. The summed E-state index contributed by atoms with van der Waals surface area (Å²) in [6.45, 7) is 2.69. The Morgan fingerprint density at radius 1 is 1.22 bits per heavy atom. The molecule has 2 atom stereocenters. The average Bonchev–Trinajstić information content (AvgIpc) is 2.43. The van der Waals surface area contributed by atoms with Gasteiger partial charge < -0.3 is 10.4 Å². The van der Waals surface area contributed by atoms with Gasteiger partial charge in [-0.05, 0) is 73.8 Å². The second-order valence-corrected chi connectivity index (χ2v) is 8.57. The lowest BCUT2D eigenvalue weighted by molar-refractivity contribution is -0.169. The number of aliphatic hydroxyl groups is 1. The minimum atomic E-state index is -0.472. The predicted molar refractivity (Wildman–Crippen MR) is 89.7 cm³/mol. The summed E-state index contributed by atoms with van der Waals surface area (Å²) in [4.78, 5) is 12.5. The number of nitrogens with one attached hydrogen (secondary N) is 1. The first-order valence-corrected chi connectivity index (χ1v) is 8.99. The lowest BCUT2D eigenvalue weighted by atomic mass is 9.47. The number of rotatable bonds is 4. The average molecular weight is 313 g/mol. The number of hydrogen-bond donors (Lipinski definition) is 2. The third-order valence-electron chi connectivity index (χ3n) is 6.42. The number of hydrogen-bond acceptors (Lipinski definition) is 2. The van der Waals surface area contributed by atoms with Crippen LogP contribution in [0, 0.1) is 24.2 Å².